The van der Waals surface area contributed by atoms with Gasteiger partial charge < -0.3 is 20.1 Å². The standard InChI is InChI=1S/C18H20N2O5/c1-2-3-8-25-16-11-19-14(9-15(16)21)17(22)20-10-12-4-6-13(7-5-12)18(23)24/h4-7,9,11H,2-3,8,10H2,1H3,(H,19,21)(H,20,22)(H,23,24). The second kappa shape index (κ2) is 8.68. The summed E-state index contributed by atoms with van der Waals surface area (Å²) in [6, 6.07) is 7.38. The zero-order valence-corrected chi connectivity index (χ0v) is 13.9. The van der Waals surface area contributed by atoms with Crippen molar-refractivity contribution in [1.29, 1.82) is 0 Å². The molecule has 0 saturated heterocycles. The molecule has 0 aliphatic carbocycles. The highest BCUT2D eigenvalue weighted by molar-refractivity contribution is 5.92. The Morgan fingerprint density at radius 3 is 2.56 bits per heavy atom. The van der Waals surface area contributed by atoms with Crippen LogP contribution in [0.2, 0.25) is 0 Å². The van der Waals surface area contributed by atoms with Gasteiger partial charge in [0.2, 0.25) is 5.43 Å². The Bertz CT molecular complexity index is 796. The van der Waals surface area contributed by atoms with E-state index in [-0.39, 0.29) is 29.0 Å². The summed E-state index contributed by atoms with van der Waals surface area (Å²) in [5.41, 5.74) is 0.707. The second-order valence-electron chi connectivity index (χ2n) is 5.46. The molecule has 0 saturated carbocycles. The molecule has 2 rings (SSSR count). The molecule has 0 radical (unpaired) electrons. The summed E-state index contributed by atoms with van der Waals surface area (Å²) in [6.07, 6.45) is 3.20. The molecular formula is C18H20N2O5. The molecule has 0 bridgehead atoms. The number of aromatic amines is 1. The lowest BCUT2D eigenvalue weighted by Gasteiger charge is -2.08. The van der Waals surface area contributed by atoms with Crippen LogP contribution in [0.1, 0.15) is 46.2 Å². The molecule has 0 spiro atoms. The Balaban J connectivity index is 1.95. The number of hydrogen-bond acceptors (Lipinski definition) is 4. The van der Waals surface area contributed by atoms with E-state index < -0.39 is 11.9 Å². The second-order valence-corrected chi connectivity index (χ2v) is 5.46. The van der Waals surface area contributed by atoms with Gasteiger partial charge in [0.1, 0.15) is 5.69 Å². The Labute approximate surface area is 144 Å². The number of amides is 1. The smallest absolute Gasteiger partial charge is 0.335 e. The summed E-state index contributed by atoms with van der Waals surface area (Å²) >= 11 is 0. The molecule has 7 heteroatoms. The van der Waals surface area contributed by atoms with Crippen LogP contribution in [0.4, 0.5) is 0 Å². The summed E-state index contributed by atoms with van der Waals surface area (Å²) in [7, 11) is 0. The van der Waals surface area contributed by atoms with E-state index in [9.17, 15) is 14.4 Å². The van der Waals surface area contributed by atoms with Crippen molar-refractivity contribution >= 4 is 11.9 Å². The van der Waals surface area contributed by atoms with Gasteiger partial charge in [0.15, 0.2) is 5.75 Å². The van der Waals surface area contributed by atoms with Crippen LogP contribution in [0.15, 0.2) is 41.3 Å². The average Bonchev–Trinajstić information content (AvgIpc) is 2.61. The molecule has 1 aromatic heterocycles. The molecule has 0 atom stereocenters. The quantitative estimate of drug-likeness (QED) is 0.636. The molecule has 0 aliphatic rings. The van der Waals surface area contributed by atoms with E-state index >= 15 is 0 Å². The number of pyridine rings is 1. The van der Waals surface area contributed by atoms with Gasteiger partial charge >= 0.3 is 5.97 Å². The number of H-pyrrole nitrogens is 1. The average molecular weight is 344 g/mol. The number of aromatic nitrogens is 1. The normalized spacial score (nSPS) is 10.3. The molecule has 1 heterocycles. The van der Waals surface area contributed by atoms with Crippen molar-refractivity contribution in [2.24, 2.45) is 0 Å². The van der Waals surface area contributed by atoms with Gasteiger partial charge in [-0.05, 0) is 24.1 Å². The number of carboxylic acid groups (broad SMARTS) is 1. The first-order valence-electron chi connectivity index (χ1n) is 7.97. The fraction of sp³-hybridized carbons (Fsp3) is 0.278. The van der Waals surface area contributed by atoms with Crippen molar-refractivity contribution in [3.05, 3.63) is 63.6 Å². The molecule has 2 aromatic rings. The van der Waals surface area contributed by atoms with Crippen molar-refractivity contribution in [3.63, 3.8) is 0 Å². The summed E-state index contributed by atoms with van der Waals surface area (Å²) in [5.74, 6) is -1.25. The third-order valence-electron chi connectivity index (χ3n) is 3.53. The molecule has 0 fully saturated rings. The highest BCUT2D eigenvalue weighted by atomic mass is 16.5. The van der Waals surface area contributed by atoms with E-state index in [0.29, 0.717) is 6.61 Å². The Kier molecular flexibility index (Phi) is 6.33. The van der Waals surface area contributed by atoms with Gasteiger partial charge in [-0.1, -0.05) is 25.5 Å². The highest BCUT2D eigenvalue weighted by Gasteiger charge is 2.10. The number of benzene rings is 1. The van der Waals surface area contributed by atoms with Crippen LogP contribution in [0.5, 0.6) is 5.75 Å². The van der Waals surface area contributed by atoms with Crippen LogP contribution in [-0.2, 0) is 6.54 Å². The number of nitrogens with one attached hydrogen (secondary N) is 2. The number of carbonyl (C=O) groups excluding carboxylic acids is 1. The Hall–Kier alpha value is -3.09. The van der Waals surface area contributed by atoms with Crippen LogP contribution >= 0.6 is 0 Å². The van der Waals surface area contributed by atoms with Gasteiger partial charge in [-0.3, -0.25) is 9.59 Å². The number of ether oxygens (including phenoxy) is 1. The molecule has 0 unspecified atom stereocenters. The van der Waals surface area contributed by atoms with Gasteiger partial charge in [-0.15, -0.1) is 0 Å². The van der Waals surface area contributed by atoms with Crippen molar-refractivity contribution in [2.75, 3.05) is 6.61 Å². The molecule has 25 heavy (non-hydrogen) atoms. The van der Waals surface area contributed by atoms with Crippen LogP contribution in [0.25, 0.3) is 0 Å². The third kappa shape index (κ3) is 5.20. The maximum atomic E-state index is 12.1. The molecule has 0 aliphatic heterocycles. The first kappa shape index (κ1) is 18.3. The van der Waals surface area contributed by atoms with Crippen LogP contribution in [0.3, 0.4) is 0 Å². The molecule has 7 nitrogen and oxygen atoms in total. The van der Waals surface area contributed by atoms with Crippen molar-refractivity contribution in [3.8, 4) is 5.75 Å². The number of unbranched alkanes of at least 4 members (excludes halogenated alkanes) is 1. The topological polar surface area (TPSA) is 108 Å². The molecular weight excluding hydrogens is 324 g/mol. The van der Waals surface area contributed by atoms with E-state index in [1.807, 2.05) is 6.92 Å². The largest absolute Gasteiger partial charge is 0.488 e. The maximum absolute atomic E-state index is 12.1. The predicted molar refractivity (Wildman–Crippen MR) is 92.0 cm³/mol. The minimum absolute atomic E-state index is 0.134. The van der Waals surface area contributed by atoms with Gasteiger partial charge in [-0.25, -0.2) is 4.79 Å². The van der Waals surface area contributed by atoms with E-state index in [2.05, 4.69) is 10.3 Å². The zero-order valence-electron chi connectivity index (χ0n) is 13.9. The monoisotopic (exact) mass is 344 g/mol. The lowest BCUT2D eigenvalue weighted by atomic mass is 10.1. The summed E-state index contributed by atoms with van der Waals surface area (Å²) in [4.78, 5) is 37.6. The van der Waals surface area contributed by atoms with Crippen LogP contribution in [0, 0.1) is 0 Å². The van der Waals surface area contributed by atoms with Gasteiger partial charge in [0, 0.05) is 18.8 Å². The number of hydrogen-bond donors (Lipinski definition) is 3. The number of carbonyl (C=O) groups is 2. The van der Waals surface area contributed by atoms with Crippen molar-refractivity contribution in [1.82, 2.24) is 10.3 Å². The summed E-state index contributed by atoms with van der Waals surface area (Å²) in [6.45, 7) is 2.70. The predicted octanol–water partition coefficient (Wildman–Crippen LogP) is 2.18. The Morgan fingerprint density at radius 2 is 1.96 bits per heavy atom. The third-order valence-corrected chi connectivity index (χ3v) is 3.53. The van der Waals surface area contributed by atoms with E-state index in [1.165, 1.54) is 24.4 Å². The lowest BCUT2D eigenvalue weighted by Crippen LogP contribution is -2.25. The van der Waals surface area contributed by atoms with Crippen molar-refractivity contribution < 1.29 is 19.4 Å². The fourth-order valence-electron chi connectivity index (χ4n) is 2.07. The summed E-state index contributed by atoms with van der Waals surface area (Å²) < 4.78 is 5.35. The van der Waals surface area contributed by atoms with Crippen LogP contribution in [-0.4, -0.2) is 28.6 Å². The fourth-order valence-corrected chi connectivity index (χ4v) is 2.07. The first-order chi connectivity index (χ1) is 12.0. The van der Waals surface area contributed by atoms with Gasteiger partial charge in [-0.2, -0.15) is 0 Å². The minimum atomic E-state index is -1.01. The molecule has 1 aromatic carbocycles. The number of rotatable bonds is 8. The molecule has 132 valence electrons. The SMILES string of the molecule is CCCCOc1c[nH]c(C(=O)NCc2ccc(C(=O)O)cc2)cc1=O. The van der Waals surface area contributed by atoms with E-state index in [0.717, 1.165) is 18.4 Å². The van der Waals surface area contributed by atoms with E-state index in [4.69, 9.17) is 9.84 Å². The first-order valence-corrected chi connectivity index (χ1v) is 7.97. The maximum Gasteiger partial charge on any atom is 0.335 e. The molecule has 3 N–H and O–H groups in total. The number of carboxylic acids is 1. The number of aromatic carboxylic acids is 1. The minimum Gasteiger partial charge on any atom is -0.488 e. The zero-order chi connectivity index (χ0) is 18.2. The lowest BCUT2D eigenvalue weighted by molar-refractivity contribution is 0.0696. The van der Waals surface area contributed by atoms with E-state index in [1.54, 1.807) is 12.1 Å². The Morgan fingerprint density at radius 1 is 1.24 bits per heavy atom. The highest BCUT2D eigenvalue weighted by Crippen LogP contribution is 2.06. The van der Waals surface area contributed by atoms with Gasteiger partial charge in [0.25, 0.3) is 5.91 Å². The van der Waals surface area contributed by atoms with Crippen molar-refractivity contribution in [2.45, 2.75) is 26.3 Å². The van der Waals surface area contributed by atoms with Gasteiger partial charge in [0.05, 0.1) is 12.2 Å². The van der Waals surface area contributed by atoms with Crippen LogP contribution < -0.4 is 15.5 Å². The summed E-state index contributed by atoms with van der Waals surface area (Å²) in [5, 5.41) is 11.5. The molecule has 1 amide bonds.